The highest BCUT2D eigenvalue weighted by Crippen LogP contribution is 2.39. The summed E-state index contributed by atoms with van der Waals surface area (Å²) in [4.78, 5) is 2.68. The first-order valence-corrected chi connectivity index (χ1v) is 7.47. The summed E-state index contributed by atoms with van der Waals surface area (Å²) in [6, 6.07) is 6.82. The fourth-order valence-corrected chi connectivity index (χ4v) is 4.24. The molecule has 2 heteroatoms. The summed E-state index contributed by atoms with van der Waals surface area (Å²) in [6.07, 6.45) is 5.64. The van der Waals surface area contributed by atoms with E-state index >= 15 is 0 Å². The average Bonchev–Trinajstić information content (AvgIpc) is 3.01. The molecular weight excluding hydrogens is 220 g/mol. The van der Waals surface area contributed by atoms with Crippen LogP contribution in [0, 0.1) is 11.8 Å². The second-order valence-electron chi connectivity index (χ2n) is 6.27. The van der Waals surface area contributed by atoms with Gasteiger partial charge in [0.05, 0.1) is 0 Å². The molecule has 0 bridgehead atoms. The van der Waals surface area contributed by atoms with Crippen molar-refractivity contribution in [2.45, 2.75) is 32.2 Å². The van der Waals surface area contributed by atoms with Crippen LogP contribution in [0.3, 0.4) is 0 Å². The van der Waals surface area contributed by atoms with Gasteiger partial charge >= 0.3 is 0 Å². The summed E-state index contributed by atoms with van der Waals surface area (Å²) in [6.45, 7) is 4.96. The van der Waals surface area contributed by atoms with Crippen molar-refractivity contribution in [3.05, 3.63) is 29.3 Å². The van der Waals surface area contributed by atoms with Crippen LogP contribution in [-0.2, 0) is 13.0 Å². The Labute approximate surface area is 109 Å². The fourth-order valence-electron chi connectivity index (χ4n) is 4.24. The molecule has 2 heterocycles. The van der Waals surface area contributed by atoms with Crippen LogP contribution in [0.5, 0.6) is 0 Å². The zero-order chi connectivity index (χ0) is 11.9. The highest BCUT2D eigenvalue weighted by molar-refractivity contribution is 5.61. The van der Waals surface area contributed by atoms with E-state index in [1.807, 2.05) is 0 Å². The van der Waals surface area contributed by atoms with Gasteiger partial charge in [-0.3, -0.25) is 4.90 Å². The third-order valence-corrected chi connectivity index (χ3v) is 5.13. The molecule has 2 atom stereocenters. The number of para-hydroxylation sites is 1. The van der Waals surface area contributed by atoms with Crippen molar-refractivity contribution in [3.63, 3.8) is 0 Å². The van der Waals surface area contributed by atoms with E-state index in [9.17, 15) is 0 Å². The topological polar surface area (TPSA) is 15.3 Å². The molecule has 1 aromatic carbocycles. The third kappa shape index (κ3) is 1.74. The van der Waals surface area contributed by atoms with Gasteiger partial charge in [-0.05, 0) is 42.2 Å². The molecule has 0 aromatic heterocycles. The quantitative estimate of drug-likeness (QED) is 0.858. The first-order valence-electron chi connectivity index (χ1n) is 7.47. The molecular formula is C16H22N2. The van der Waals surface area contributed by atoms with Gasteiger partial charge in [0.25, 0.3) is 0 Å². The maximum Gasteiger partial charge on any atom is 0.0419 e. The van der Waals surface area contributed by atoms with E-state index in [4.69, 9.17) is 0 Å². The lowest BCUT2D eigenvalue weighted by molar-refractivity contribution is 0.304. The van der Waals surface area contributed by atoms with Gasteiger partial charge in [-0.25, -0.2) is 0 Å². The van der Waals surface area contributed by atoms with Gasteiger partial charge in [0, 0.05) is 31.9 Å². The van der Waals surface area contributed by atoms with Gasteiger partial charge in [0.2, 0.25) is 0 Å². The number of anilines is 1. The van der Waals surface area contributed by atoms with Gasteiger partial charge in [0.15, 0.2) is 0 Å². The van der Waals surface area contributed by atoms with Crippen molar-refractivity contribution in [1.29, 1.82) is 0 Å². The van der Waals surface area contributed by atoms with Gasteiger partial charge < -0.3 is 5.32 Å². The number of nitrogens with one attached hydrogen (secondary N) is 1. The number of benzene rings is 1. The maximum atomic E-state index is 3.57. The number of hydrogen-bond donors (Lipinski definition) is 1. The lowest BCUT2D eigenvalue weighted by Crippen LogP contribution is -2.21. The Morgan fingerprint density at radius 3 is 2.83 bits per heavy atom. The van der Waals surface area contributed by atoms with Crippen molar-refractivity contribution in [1.82, 2.24) is 4.90 Å². The average molecular weight is 242 g/mol. The predicted molar refractivity (Wildman–Crippen MR) is 74.7 cm³/mol. The maximum absolute atomic E-state index is 3.57. The molecule has 2 nitrogen and oxygen atoms in total. The van der Waals surface area contributed by atoms with Crippen LogP contribution in [0.2, 0.25) is 0 Å². The SMILES string of the molecule is c1cc2c(c(CN3CC4CCCC4C3)c1)NCC2. The molecule has 0 amide bonds. The molecule has 0 spiro atoms. The monoisotopic (exact) mass is 242 g/mol. The standard InChI is InChI=1S/C16H22N2/c1-3-12-7-8-17-16(12)15(6-1)11-18-9-13-4-2-5-14(13)10-18/h1,3,6,13-14,17H,2,4-5,7-11H2. The zero-order valence-electron chi connectivity index (χ0n) is 11.0. The van der Waals surface area contributed by atoms with Gasteiger partial charge in [-0.1, -0.05) is 24.6 Å². The molecule has 2 unspecified atom stereocenters. The summed E-state index contributed by atoms with van der Waals surface area (Å²) >= 11 is 0. The Morgan fingerprint density at radius 1 is 1.17 bits per heavy atom. The summed E-state index contributed by atoms with van der Waals surface area (Å²) in [5.41, 5.74) is 4.48. The van der Waals surface area contributed by atoms with Crippen molar-refractivity contribution in [3.8, 4) is 0 Å². The minimum absolute atomic E-state index is 1.01. The van der Waals surface area contributed by atoms with Gasteiger partial charge in [0.1, 0.15) is 0 Å². The molecule has 2 aliphatic heterocycles. The molecule has 0 radical (unpaired) electrons. The number of fused-ring (bicyclic) bond motifs is 2. The van der Waals surface area contributed by atoms with Crippen LogP contribution < -0.4 is 5.32 Å². The van der Waals surface area contributed by atoms with E-state index in [0.717, 1.165) is 24.9 Å². The first kappa shape index (κ1) is 10.9. The summed E-state index contributed by atoms with van der Waals surface area (Å²) in [5.74, 6) is 2.02. The minimum Gasteiger partial charge on any atom is -0.384 e. The minimum atomic E-state index is 1.01. The highest BCUT2D eigenvalue weighted by Gasteiger charge is 2.36. The van der Waals surface area contributed by atoms with Crippen LogP contribution in [-0.4, -0.2) is 24.5 Å². The molecule has 1 aromatic rings. The Morgan fingerprint density at radius 2 is 2.00 bits per heavy atom. The van der Waals surface area contributed by atoms with E-state index in [-0.39, 0.29) is 0 Å². The zero-order valence-corrected chi connectivity index (χ0v) is 11.0. The molecule has 2 fully saturated rings. The number of nitrogens with zero attached hydrogens (tertiary/aromatic N) is 1. The van der Waals surface area contributed by atoms with Gasteiger partial charge in [-0.2, -0.15) is 0 Å². The molecule has 1 N–H and O–H groups in total. The molecule has 1 aliphatic carbocycles. The van der Waals surface area contributed by atoms with Crippen LogP contribution in [0.15, 0.2) is 18.2 Å². The molecule has 3 aliphatic rings. The van der Waals surface area contributed by atoms with E-state index in [0.29, 0.717) is 0 Å². The number of hydrogen-bond acceptors (Lipinski definition) is 2. The molecule has 96 valence electrons. The van der Waals surface area contributed by atoms with Crippen molar-refractivity contribution >= 4 is 5.69 Å². The Bertz CT molecular complexity index is 442. The second-order valence-corrected chi connectivity index (χ2v) is 6.27. The van der Waals surface area contributed by atoms with Crippen molar-refractivity contribution < 1.29 is 0 Å². The summed E-state index contributed by atoms with van der Waals surface area (Å²) in [7, 11) is 0. The van der Waals surface area contributed by atoms with E-state index in [2.05, 4.69) is 28.4 Å². The first-order chi connectivity index (χ1) is 8.90. The van der Waals surface area contributed by atoms with E-state index in [1.54, 1.807) is 0 Å². The fraction of sp³-hybridized carbons (Fsp3) is 0.625. The molecule has 1 saturated heterocycles. The summed E-state index contributed by atoms with van der Waals surface area (Å²) < 4.78 is 0. The van der Waals surface area contributed by atoms with Crippen molar-refractivity contribution in [2.75, 3.05) is 25.0 Å². The van der Waals surface area contributed by atoms with E-state index < -0.39 is 0 Å². The smallest absolute Gasteiger partial charge is 0.0419 e. The van der Waals surface area contributed by atoms with Crippen LogP contribution >= 0.6 is 0 Å². The lowest BCUT2D eigenvalue weighted by atomic mass is 10.0. The Hall–Kier alpha value is -1.02. The van der Waals surface area contributed by atoms with E-state index in [1.165, 1.54) is 55.6 Å². The Kier molecular flexibility index (Phi) is 2.58. The third-order valence-electron chi connectivity index (χ3n) is 5.13. The Balaban J connectivity index is 1.51. The molecule has 18 heavy (non-hydrogen) atoms. The predicted octanol–water partition coefficient (Wildman–Crippen LogP) is 2.89. The molecule has 1 saturated carbocycles. The second kappa shape index (κ2) is 4.27. The van der Waals surface area contributed by atoms with Crippen LogP contribution in [0.25, 0.3) is 0 Å². The van der Waals surface area contributed by atoms with Gasteiger partial charge in [-0.15, -0.1) is 0 Å². The normalized spacial score (nSPS) is 30.2. The lowest BCUT2D eigenvalue weighted by Gasteiger charge is -2.19. The van der Waals surface area contributed by atoms with Crippen molar-refractivity contribution in [2.24, 2.45) is 11.8 Å². The number of likely N-dealkylation sites (tertiary alicyclic amines) is 1. The van der Waals surface area contributed by atoms with Crippen LogP contribution in [0.1, 0.15) is 30.4 Å². The molecule has 4 rings (SSSR count). The summed E-state index contributed by atoms with van der Waals surface area (Å²) in [5, 5.41) is 3.57. The largest absolute Gasteiger partial charge is 0.384 e. The number of rotatable bonds is 2. The highest BCUT2D eigenvalue weighted by atomic mass is 15.2. The van der Waals surface area contributed by atoms with Crippen LogP contribution in [0.4, 0.5) is 5.69 Å².